The maximum absolute atomic E-state index is 11.2. The predicted octanol–water partition coefficient (Wildman–Crippen LogP) is 4.56. The first kappa shape index (κ1) is 22.9. The van der Waals surface area contributed by atoms with Crippen LogP contribution in [-0.4, -0.2) is 61.5 Å². The van der Waals surface area contributed by atoms with Gasteiger partial charge in [-0.25, -0.2) is 0 Å². The second kappa shape index (κ2) is 12.9. The van der Waals surface area contributed by atoms with Crippen LogP contribution in [0.5, 0.6) is 5.75 Å². The topological polar surface area (TPSA) is 32.8 Å². The lowest BCUT2D eigenvalue weighted by molar-refractivity contribution is -0.113. The lowest BCUT2D eigenvalue weighted by atomic mass is 10.0. The number of unbranched alkanes of at least 4 members (excludes halogenated alkanes) is 3. The Hall–Kier alpha value is -1.39. The fourth-order valence-corrected chi connectivity index (χ4v) is 4.35. The third-order valence-electron chi connectivity index (χ3n) is 6.18. The summed E-state index contributed by atoms with van der Waals surface area (Å²) in [6, 6.07) is 9.20. The van der Waals surface area contributed by atoms with Gasteiger partial charge in [-0.1, -0.05) is 38.3 Å². The summed E-state index contributed by atoms with van der Waals surface area (Å²) in [5.41, 5.74) is 1.37. The van der Waals surface area contributed by atoms with Crippen LogP contribution < -0.4 is 4.74 Å². The number of hydrogen-bond donors (Lipinski definition) is 0. The molecule has 1 aromatic carbocycles. The summed E-state index contributed by atoms with van der Waals surface area (Å²) in [7, 11) is 1.71. The highest BCUT2D eigenvalue weighted by Crippen LogP contribution is 2.17. The highest BCUT2D eigenvalue weighted by Gasteiger charge is 2.20. The van der Waals surface area contributed by atoms with Gasteiger partial charge in [-0.3, -0.25) is 4.90 Å². The van der Waals surface area contributed by atoms with Gasteiger partial charge in [0.1, 0.15) is 12.0 Å². The van der Waals surface area contributed by atoms with Crippen molar-refractivity contribution in [3.05, 3.63) is 29.8 Å². The van der Waals surface area contributed by atoms with E-state index in [1.807, 2.05) is 0 Å². The molecule has 1 aliphatic rings. The van der Waals surface area contributed by atoms with E-state index in [0.29, 0.717) is 6.04 Å². The first-order valence-corrected chi connectivity index (χ1v) is 11.2. The van der Waals surface area contributed by atoms with Gasteiger partial charge >= 0.3 is 0 Å². The number of likely N-dealkylation sites (N-methyl/N-ethyl adjacent to an activating group) is 1. The number of carbonyl (C=O) groups is 1. The van der Waals surface area contributed by atoms with Crippen molar-refractivity contribution < 1.29 is 9.53 Å². The minimum absolute atomic E-state index is 0.183. The van der Waals surface area contributed by atoms with E-state index in [1.54, 1.807) is 7.11 Å². The third-order valence-corrected chi connectivity index (χ3v) is 6.18. The van der Waals surface area contributed by atoms with Gasteiger partial charge in [-0.15, -0.1) is 0 Å². The number of piperidine rings is 1. The molecule has 0 N–H and O–H groups in total. The molecule has 0 bridgehead atoms. The van der Waals surface area contributed by atoms with Crippen molar-refractivity contribution in [2.45, 2.75) is 77.3 Å². The molecule has 0 aliphatic carbocycles. The molecule has 1 heterocycles. The van der Waals surface area contributed by atoms with Crippen LogP contribution in [0.1, 0.15) is 64.4 Å². The van der Waals surface area contributed by atoms with Crippen molar-refractivity contribution in [2.24, 2.45) is 0 Å². The van der Waals surface area contributed by atoms with E-state index >= 15 is 0 Å². The van der Waals surface area contributed by atoms with E-state index < -0.39 is 0 Å². The van der Waals surface area contributed by atoms with E-state index in [0.717, 1.165) is 44.5 Å². The maximum atomic E-state index is 11.2. The molecule has 0 aromatic heterocycles. The summed E-state index contributed by atoms with van der Waals surface area (Å²) in [4.78, 5) is 16.2. The summed E-state index contributed by atoms with van der Waals surface area (Å²) in [5, 5.41) is 0. The minimum Gasteiger partial charge on any atom is -0.497 e. The van der Waals surface area contributed by atoms with Crippen LogP contribution in [0.4, 0.5) is 0 Å². The number of hydrogen-bond acceptors (Lipinski definition) is 4. The van der Waals surface area contributed by atoms with Crippen molar-refractivity contribution in [3.63, 3.8) is 0 Å². The number of carbonyl (C=O) groups excluding carboxylic acids is 1. The van der Waals surface area contributed by atoms with Crippen LogP contribution in [0.3, 0.4) is 0 Å². The molecule has 4 nitrogen and oxygen atoms in total. The lowest BCUT2D eigenvalue weighted by Crippen LogP contribution is -2.41. The van der Waals surface area contributed by atoms with E-state index in [1.165, 1.54) is 50.6 Å². The Kier molecular flexibility index (Phi) is 10.6. The molecule has 4 heteroatoms. The smallest absolute Gasteiger partial charge is 0.137 e. The first-order valence-electron chi connectivity index (χ1n) is 11.2. The Morgan fingerprint density at radius 1 is 1.18 bits per heavy atom. The average molecular weight is 389 g/mol. The SMILES string of the molecule is CCN(CCCCCCN1CCCCC1C=O)C(C)Cc1ccc(OC)cc1. The molecule has 2 rings (SSSR count). The monoisotopic (exact) mass is 388 g/mol. The molecule has 1 fully saturated rings. The molecule has 0 spiro atoms. The van der Waals surface area contributed by atoms with Gasteiger partial charge in [0.15, 0.2) is 0 Å². The second-order valence-electron chi connectivity index (χ2n) is 8.18. The standard InChI is InChI=1S/C24H40N2O2/c1-4-25(21(2)19-22-12-14-24(28-3)15-13-22)16-8-5-6-9-17-26-18-10-7-11-23(26)20-27/h12-15,20-21,23H,4-11,16-19H2,1-3H3. The van der Waals surface area contributed by atoms with Crippen LogP contribution >= 0.6 is 0 Å². The minimum atomic E-state index is 0.183. The molecule has 0 saturated carbocycles. The summed E-state index contributed by atoms with van der Waals surface area (Å²) in [5.74, 6) is 0.924. The van der Waals surface area contributed by atoms with E-state index in [-0.39, 0.29) is 6.04 Å². The first-order chi connectivity index (χ1) is 13.7. The molecule has 1 saturated heterocycles. The van der Waals surface area contributed by atoms with Gasteiger partial charge in [0.2, 0.25) is 0 Å². The van der Waals surface area contributed by atoms with Crippen molar-refractivity contribution in [2.75, 3.05) is 33.3 Å². The van der Waals surface area contributed by atoms with Crippen LogP contribution in [-0.2, 0) is 11.2 Å². The maximum Gasteiger partial charge on any atom is 0.137 e. The van der Waals surface area contributed by atoms with E-state index in [9.17, 15) is 4.79 Å². The number of benzene rings is 1. The number of rotatable bonds is 13. The fourth-order valence-electron chi connectivity index (χ4n) is 4.35. The van der Waals surface area contributed by atoms with Crippen LogP contribution in [0.25, 0.3) is 0 Å². The molecule has 2 unspecified atom stereocenters. The molecule has 0 radical (unpaired) electrons. The average Bonchev–Trinajstić information content (AvgIpc) is 2.74. The molecular weight excluding hydrogens is 348 g/mol. The van der Waals surface area contributed by atoms with Crippen molar-refractivity contribution in [1.29, 1.82) is 0 Å². The zero-order chi connectivity index (χ0) is 20.2. The number of methoxy groups -OCH3 is 1. The van der Waals surface area contributed by atoms with Gasteiger partial charge in [-0.05, 0) is 82.9 Å². The second-order valence-corrected chi connectivity index (χ2v) is 8.18. The highest BCUT2D eigenvalue weighted by molar-refractivity contribution is 5.57. The molecule has 28 heavy (non-hydrogen) atoms. The van der Waals surface area contributed by atoms with Gasteiger partial charge in [-0.2, -0.15) is 0 Å². The molecule has 1 aliphatic heterocycles. The number of nitrogens with zero attached hydrogens (tertiary/aromatic N) is 2. The number of likely N-dealkylation sites (tertiary alicyclic amines) is 1. The third kappa shape index (κ3) is 7.56. The van der Waals surface area contributed by atoms with Crippen LogP contribution in [0.15, 0.2) is 24.3 Å². The predicted molar refractivity (Wildman–Crippen MR) is 117 cm³/mol. The Balaban J connectivity index is 1.62. The fraction of sp³-hybridized carbons (Fsp3) is 0.708. The summed E-state index contributed by atoms with van der Waals surface area (Å²) in [6.45, 7) is 9.08. The Bertz CT molecular complexity index is 546. The number of aldehydes is 1. The normalized spacial score (nSPS) is 18.9. The Labute approximate surface area is 172 Å². The van der Waals surface area contributed by atoms with Crippen LogP contribution in [0.2, 0.25) is 0 Å². The van der Waals surface area contributed by atoms with Crippen molar-refractivity contribution in [3.8, 4) is 5.75 Å². The summed E-state index contributed by atoms with van der Waals surface area (Å²) >= 11 is 0. The molecular formula is C24H40N2O2. The molecule has 0 amide bonds. The van der Waals surface area contributed by atoms with Crippen molar-refractivity contribution >= 4 is 6.29 Å². The van der Waals surface area contributed by atoms with Gasteiger partial charge in [0.05, 0.1) is 13.2 Å². The summed E-state index contributed by atoms with van der Waals surface area (Å²) < 4.78 is 5.25. The quantitative estimate of drug-likeness (QED) is 0.366. The van der Waals surface area contributed by atoms with Crippen molar-refractivity contribution in [1.82, 2.24) is 9.80 Å². The number of ether oxygens (including phenoxy) is 1. The largest absolute Gasteiger partial charge is 0.497 e. The van der Waals surface area contributed by atoms with Gasteiger partial charge in [0.25, 0.3) is 0 Å². The molecule has 2 atom stereocenters. The van der Waals surface area contributed by atoms with E-state index in [2.05, 4.69) is 47.9 Å². The zero-order valence-electron chi connectivity index (χ0n) is 18.2. The highest BCUT2D eigenvalue weighted by atomic mass is 16.5. The summed E-state index contributed by atoms with van der Waals surface area (Å²) in [6.07, 6.45) is 10.8. The van der Waals surface area contributed by atoms with E-state index in [4.69, 9.17) is 4.74 Å². The molecule has 1 aromatic rings. The van der Waals surface area contributed by atoms with Gasteiger partial charge < -0.3 is 14.4 Å². The van der Waals surface area contributed by atoms with Gasteiger partial charge in [0, 0.05) is 6.04 Å². The Morgan fingerprint density at radius 2 is 1.93 bits per heavy atom. The Morgan fingerprint density at radius 3 is 2.61 bits per heavy atom. The lowest BCUT2D eigenvalue weighted by Gasteiger charge is -2.32. The molecule has 158 valence electrons. The van der Waals surface area contributed by atoms with Crippen LogP contribution in [0, 0.1) is 0 Å². The zero-order valence-corrected chi connectivity index (χ0v) is 18.2.